The lowest BCUT2D eigenvalue weighted by Gasteiger charge is -2.22. The number of rotatable bonds is 8. The molecule has 26 heavy (non-hydrogen) atoms. The van der Waals surface area contributed by atoms with Crippen LogP contribution >= 0.6 is 35.0 Å². The number of sulfonamides is 1. The van der Waals surface area contributed by atoms with E-state index in [0.717, 1.165) is 15.5 Å². The maximum absolute atomic E-state index is 12.2. The number of anilines is 1. The lowest BCUT2D eigenvalue weighted by atomic mass is 10.3. The molecule has 2 aromatic rings. The van der Waals surface area contributed by atoms with Crippen molar-refractivity contribution in [2.75, 3.05) is 29.4 Å². The summed E-state index contributed by atoms with van der Waals surface area (Å²) in [7, 11) is -3.64. The fraction of sp³-hybridized carbons (Fsp3) is 0.235. The number of hydrogen-bond acceptors (Lipinski definition) is 4. The van der Waals surface area contributed by atoms with E-state index in [-0.39, 0.29) is 17.3 Å². The Kier molecular flexibility index (Phi) is 7.64. The van der Waals surface area contributed by atoms with E-state index in [1.165, 1.54) is 0 Å². The zero-order chi connectivity index (χ0) is 19.2. The first-order valence-corrected chi connectivity index (χ1v) is 11.2. The monoisotopic (exact) mass is 432 g/mol. The second-order valence-corrected chi connectivity index (χ2v) is 9.29. The molecule has 2 aromatic carbocycles. The van der Waals surface area contributed by atoms with Gasteiger partial charge in [0.25, 0.3) is 0 Å². The van der Waals surface area contributed by atoms with Gasteiger partial charge in [0.2, 0.25) is 15.9 Å². The lowest BCUT2D eigenvalue weighted by Crippen LogP contribution is -2.41. The summed E-state index contributed by atoms with van der Waals surface area (Å²) < 4.78 is 25.1. The second kappa shape index (κ2) is 9.50. The molecule has 0 fully saturated rings. The minimum atomic E-state index is -3.64. The van der Waals surface area contributed by atoms with Gasteiger partial charge in [0, 0.05) is 22.2 Å². The predicted octanol–water partition coefficient (Wildman–Crippen LogP) is 3.67. The van der Waals surface area contributed by atoms with Crippen molar-refractivity contribution in [1.82, 2.24) is 5.32 Å². The maximum Gasteiger partial charge on any atom is 0.240 e. The highest BCUT2D eigenvalue weighted by atomic mass is 35.5. The first-order valence-electron chi connectivity index (χ1n) is 7.64. The predicted molar refractivity (Wildman–Crippen MR) is 109 cm³/mol. The fourth-order valence-electron chi connectivity index (χ4n) is 2.11. The molecule has 0 bridgehead atoms. The third-order valence-corrected chi connectivity index (χ3v) is 6.03. The summed E-state index contributed by atoms with van der Waals surface area (Å²) in [6.07, 6.45) is 1.04. The summed E-state index contributed by atoms with van der Waals surface area (Å²) in [5.74, 6) is 0.255. The highest BCUT2D eigenvalue weighted by Crippen LogP contribution is 2.26. The Morgan fingerprint density at radius 1 is 1.12 bits per heavy atom. The number of nitrogens with one attached hydrogen (secondary N) is 1. The number of benzene rings is 2. The molecule has 2 rings (SSSR count). The van der Waals surface area contributed by atoms with Crippen LogP contribution in [0.2, 0.25) is 10.0 Å². The van der Waals surface area contributed by atoms with Crippen molar-refractivity contribution >= 4 is 56.6 Å². The summed E-state index contributed by atoms with van der Waals surface area (Å²) in [6, 6.07) is 13.9. The molecule has 0 unspecified atom stereocenters. The number of halogens is 2. The van der Waals surface area contributed by atoms with Gasteiger partial charge in [0.15, 0.2) is 0 Å². The van der Waals surface area contributed by atoms with Crippen molar-refractivity contribution in [2.45, 2.75) is 4.90 Å². The standard InChI is InChI=1S/C17H18Cl2N2O3S2/c1-26(23,24)21(16-5-3-2-4-15(16)19)12-17(22)20-10-11-25-14-8-6-13(18)7-9-14/h2-9H,10-12H2,1H3,(H,20,22). The molecule has 0 aromatic heterocycles. The third kappa shape index (κ3) is 6.39. The molecule has 0 saturated carbocycles. The largest absolute Gasteiger partial charge is 0.354 e. The molecule has 0 saturated heterocycles. The Bertz CT molecular complexity index is 859. The van der Waals surface area contributed by atoms with Gasteiger partial charge in [-0.25, -0.2) is 8.42 Å². The van der Waals surface area contributed by atoms with Gasteiger partial charge in [-0.05, 0) is 36.4 Å². The molecule has 5 nitrogen and oxygen atoms in total. The van der Waals surface area contributed by atoms with Crippen LogP contribution in [0.4, 0.5) is 5.69 Å². The normalized spacial score (nSPS) is 11.2. The number of amides is 1. The Morgan fingerprint density at radius 2 is 1.77 bits per heavy atom. The van der Waals surface area contributed by atoms with Crippen LogP contribution in [0.15, 0.2) is 53.4 Å². The second-order valence-electron chi connectivity index (χ2n) is 5.37. The lowest BCUT2D eigenvalue weighted by molar-refractivity contribution is -0.119. The molecule has 0 radical (unpaired) electrons. The van der Waals surface area contributed by atoms with Gasteiger partial charge in [-0.2, -0.15) is 0 Å². The Labute approximate surface area is 167 Å². The Hall–Kier alpha value is -1.41. The van der Waals surface area contributed by atoms with Crippen LogP contribution in [0.5, 0.6) is 0 Å². The first kappa shape index (κ1) is 20.9. The summed E-state index contributed by atoms with van der Waals surface area (Å²) in [4.78, 5) is 13.2. The molecule has 1 N–H and O–H groups in total. The molecular weight excluding hydrogens is 415 g/mol. The van der Waals surface area contributed by atoms with E-state index in [2.05, 4.69) is 5.32 Å². The fourth-order valence-corrected chi connectivity index (χ4v) is 4.16. The van der Waals surface area contributed by atoms with Crippen molar-refractivity contribution in [1.29, 1.82) is 0 Å². The van der Waals surface area contributed by atoms with Crippen LogP contribution in [0, 0.1) is 0 Å². The molecule has 0 aliphatic rings. The zero-order valence-corrected chi connectivity index (χ0v) is 17.1. The van der Waals surface area contributed by atoms with Crippen LogP contribution in [0.1, 0.15) is 0 Å². The molecule has 0 aliphatic heterocycles. The van der Waals surface area contributed by atoms with Crippen molar-refractivity contribution in [2.24, 2.45) is 0 Å². The average Bonchev–Trinajstić information content (AvgIpc) is 2.58. The zero-order valence-electron chi connectivity index (χ0n) is 14.0. The summed E-state index contributed by atoms with van der Waals surface area (Å²) in [5, 5.41) is 3.66. The third-order valence-electron chi connectivity index (χ3n) is 3.32. The number of nitrogens with zero attached hydrogens (tertiary/aromatic N) is 1. The number of carbonyl (C=O) groups is 1. The van der Waals surface area contributed by atoms with Crippen LogP contribution in [-0.4, -0.2) is 39.4 Å². The molecule has 0 spiro atoms. The summed E-state index contributed by atoms with van der Waals surface area (Å²) in [5.41, 5.74) is 0.280. The van der Waals surface area contributed by atoms with Crippen molar-refractivity contribution in [3.8, 4) is 0 Å². The first-order chi connectivity index (χ1) is 12.3. The number of hydrogen-bond donors (Lipinski definition) is 1. The van der Waals surface area contributed by atoms with Gasteiger partial charge < -0.3 is 5.32 Å². The van der Waals surface area contributed by atoms with E-state index in [1.807, 2.05) is 12.1 Å². The van der Waals surface area contributed by atoms with Crippen LogP contribution < -0.4 is 9.62 Å². The van der Waals surface area contributed by atoms with E-state index in [1.54, 1.807) is 48.2 Å². The summed E-state index contributed by atoms with van der Waals surface area (Å²) in [6.45, 7) is 0.0838. The quantitative estimate of drug-likeness (QED) is 0.510. The van der Waals surface area contributed by atoms with Crippen LogP contribution in [-0.2, 0) is 14.8 Å². The van der Waals surface area contributed by atoms with Crippen LogP contribution in [0.25, 0.3) is 0 Å². The highest BCUT2D eigenvalue weighted by molar-refractivity contribution is 7.99. The molecule has 9 heteroatoms. The SMILES string of the molecule is CS(=O)(=O)N(CC(=O)NCCSc1ccc(Cl)cc1)c1ccccc1Cl. The van der Waals surface area contributed by atoms with E-state index >= 15 is 0 Å². The molecule has 0 atom stereocenters. The van der Waals surface area contributed by atoms with Gasteiger partial charge >= 0.3 is 0 Å². The van der Waals surface area contributed by atoms with E-state index < -0.39 is 15.9 Å². The van der Waals surface area contributed by atoms with Gasteiger partial charge in [-0.15, -0.1) is 11.8 Å². The van der Waals surface area contributed by atoms with E-state index in [9.17, 15) is 13.2 Å². The highest BCUT2D eigenvalue weighted by Gasteiger charge is 2.22. The van der Waals surface area contributed by atoms with Crippen molar-refractivity contribution in [3.63, 3.8) is 0 Å². The van der Waals surface area contributed by atoms with E-state index in [0.29, 0.717) is 17.3 Å². The molecular formula is C17H18Cl2N2O3S2. The Morgan fingerprint density at radius 3 is 2.38 bits per heavy atom. The minimum absolute atomic E-state index is 0.268. The van der Waals surface area contributed by atoms with Gasteiger partial charge in [0.1, 0.15) is 6.54 Å². The molecule has 0 aliphatic carbocycles. The topological polar surface area (TPSA) is 66.5 Å². The number of thioether (sulfide) groups is 1. The Balaban J connectivity index is 1.89. The molecule has 1 amide bonds. The van der Waals surface area contributed by atoms with Gasteiger partial charge in [0.05, 0.1) is 17.0 Å². The average molecular weight is 433 g/mol. The number of para-hydroxylation sites is 1. The maximum atomic E-state index is 12.2. The van der Waals surface area contributed by atoms with Crippen LogP contribution in [0.3, 0.4) is 0 Å². The van der Waals surface area contributed by atoms with Crippen molar-refractivity contribution in [3.05, 3.63) is 58.6 Å². The molecule has 0 heterocycles. The molecule has 140 valence electrons. The van der Waals surface area contributed by atoms with Gasteiger partial charge in [-0.1, -0.05) is 35.3 Å². The minimum Gasteiger partial charge on any atom is -0.354 e. The van der Waals surface area contributed by atoms with Crippen molar-refractivity contribution < 1.29 is 13.2 Å². The van der Waals surface area contributed by atoms with Gasteiger partial charge in [-0.3, -0.25) is 9.10 Å². The smallest absolute Gasteiger partial charge is 0.240 e. The number of carbonyl (C=O) groups excluding carboxylic acids is 1. The summed E-state index contributed by atoms with van der Waals surface area (Å²) >= 11 is 13.5. The van der Waals surface area contributed by atoms with E-state index in [4.69, 9.17) is 23.2 Å².